The molecule has 3 rings (SSSR count). The molecule has 2 N–H and O–H groups in total. The molecule has 3 aromatic carbocycles. The van der Waals surface area contributed by atoms with Crippen LogP contribution in [0.25, 0.3) is 11.1 Å². The summed E-state index contributed by atoms with van der Waals surface area (Å²) in [6.07, 6.45) is -5.87. The Hall–Kier alpha value is -4.08. The van der Waals surface area contributed by atoms with Gasteiger partial charge in [0, 0.05) is 12.1 Å². The van der Waals surface area contributed by atoms with Crippen molar-refractivity contribution in [3.05, 3.63) is 88.7 Å². The lowest BCUT2D eigenvalue weighted by atomic mass is 9.99. The first-order valence-corrected chi connectivity index (χ1v) is 10.9. The average Bonchev–Trinajstić information content (AvgIpc) is 2.82. The first-order valence-electron chi connectivity index (χ1n) is 10.9. The number of halogens is 4. The summed E-state index contributed by atoms with van der Waals surface area (Å²) < 4.78 is 62.6. The predicted molar refractivity (Wildman–Crippen MR) is 123 cm³/mol. The van der Waals surface area contributed by atoms with Crippen LogP contribution in [0.1, 0.15) is 29.2 Å². The highest BCUT2D eigenvalue weighted by molar-refractivity contribution is 5.73. The van der Waals surface area contributed by atoms with Gasteiger partial charge in [0.05, 0.1) is 18.6 Å². The second-order valence-electron chi connectivity index (χ2n) is 7.77. The first kappa shape index (κ1) is 26.5. The molecule has 0 saturated heterocycles. The quantitative estimate of drug-likeness (QED) is 0.351. The Labute approximate surface area is 204 Å². The van der Waals surface area contributed by atoms with Gasteiger partial charge >= 0.3 is 18.2 Å². The molecule has 0 bridgehead atoms. The predicted octanol–water partition coefficient (Wildman–Crippen LogP) is 5.96. The van der Waals surface area contributed by atoms with Crippen LogP contribution >= 0.6 is 0 Å². The Morgan fingerprint density at radius 1 is 0.972 bits per heavy atom. The smallest absolute Gasteiger partial charge is 0.419 e. The van der Waals surface area contributed by atoms with Crippen LogP contribution in [0, 0.1) is 5.82 Å². The maximum Gasteiger partial charge on any atom is 0.419 e. The number of alkyl carbamates (subject to hydrolysis) is 1. The van der Waals surface area contributed by atoms with Crippen LogP contribution < -0.4 is 10.1 Å². The molecule has 1 amide bonds. The molecule has 0 spiro atoms. The maximum absolute atomic E-state index is 13.4. The number of nitrogens with one attached hydrogen (secondary N) is 1. The highest BCUT2D eigenvalue weighted by Crippen LogP contribution is 2.32. The summed E-state index contributed by atoms with van der Waals surface area (Å²) in [5, 5.41) is 11.6. The van der Waals surface area contributed by atoms with Crippen LogP contribution in [0.15, 0.2) is 60.7 Å². The number of aliphatic carboxylic acids is 1. The number of ether oxygens (including phenoxy) is 2. The minimum atomic E-state index is -4.86. The molecule has 6 nitrogen and oxygen atoms in total. The van der Waals surface area contributed by atoms with E-state index in [1.165, 1.54) is 0 Å². The fourth-order valence-electron chi connectivity index (χ4n) is 3.48. The van der Waals surface area contributed by atoms with Crippen LogP contribution in [0.5, 0.6) is 5.75 Å². The minimum Gasteiger partial charge on any atom is -0.494 e. The molecular formula is C26H23F4NO5. The van der Waals surface area contributed by atoms with E-state index in [1.807, 2.05) is 6.07 Å². The number of alkyl halides is 3. The van der Waals surface area contributed by atoms with Crippen molar-refractivity contribution in [1.82, 2.24) is 5.32 Å². The van der Waals surface area contributed by atoms with Crippen molar-refractivity contribution in [3.8, 4) is 16.9 Å². The van der Waals surface area contributed by atoms with Crippen molar-refractivity contribution in [2.45, 2.75) is 32.7 Å². The number of hydrogen-bond donors (Lipinski definition) is 2. The Kier molecular flexibility index (Phi) is 8.52. The van der Waals surface area contributed by atoms with Crippen LogP contribution in [0.2, 0.25) is 0 Å². The average molecular weight is 505 g/mol. The van der Waals surface area contributed by atoms with Gasteiger partial charge in [0.2, 0.25) is 0 Å². The third-order valence-electron chi connectivity index (χ3n) is 5.11. The van der Waals surface area contributed by atoms with Crippen molar-refractivity contribution in [3.63, 3.8) is 0 Å². The topological polar surface area (TPSA) is 84.9 Å². The fourth-order valence-corrected chi connectivity index (χ4v) is 3.48. The lowest BCUT2D eigenvalue weighted by Gasteiger charge is -2.14. The Balaban J connectivity index is 1.70. The number of carboxylic acid groups (broad SMARTS) is 1. The first-order chi connectivity index (χ1) is 17.1. The van der Waals surface area contributed by atoms with E-state index in [2.05, 4.69) is 5.32 Å². The Bertz CT molecular complexity index is 1240. The van der Waals surface area contributed by atoms with Crippen LogP contribution in [0.3, 0.4) is 0 Å². The van der Waals surface area contributed by atoms with Gasteiger partial charge in [-0.05, 0) is 53.4 Å². The van der Waals surface area contributed by atoms with Gasteiger partial charge in [0.25, 0.3) is 0 Å². The zero-order chi connectivity index (χ0) is 26.3. The SMILES string of the molecule is CCOc1ccc(-c2cccc(CC(=O)O)c2)cc1CNC(=O)OCc1ccc(F)c(C(F)(F)F)c1. The molecule has 0 aliphatic heterocycles. The van der Waals surface area contributed by atoms with E-state index in [0.29, 0.717) is 35.6 Å². The zero-order valence-electron chi connectivity index (χ0n) is 19.2. The summed E-state index contributed by atoms with van der Waals surface area (Å²) in [5.41, 5.74) is 1.33. The number of carbonyl (C=O) groups is 2. The molecule has 0 fully saturated rings. The lowest BCUT2D eigenvalue weighted by molar-refractivity contribution is -0.140. The van der Waals surface area contributed by atoms with Gasteiger partial charge in [-0.1, -0.05) is 36.4 Å². The molecule has 36 heavy (non-hydrogen) atoms. The number of benzene rings is 3. The van der Waals surface area contributed by atoms with E-state index < -0.39 is 36.2 Å². The molecule has 0 heterocycles. The summed E-state index contributed by atoms with van der Waals surface area (Å²) in [5.74, 6) is -1.85. The van der Waals surface area contributed by atoms with Gasteiger partial charge in [-0.25, -0.2) is 9.18 Å². The maximum atomic E-state index is 13.4. The second kappa shape index (κ2) is 11.6. The molecular weight excluding hydrogens is 482 g/mol. The lowest BCUT2D eigenvalue weighted by Crippen LogP contribution is -2.24. The molecule has 0 radical (unpaired) electrons. The van der Waals surface area contributed by atoms with Crippen molar-refractivity contribution >= 4 is 12.1 Å². The molecule has 0 saturated carbocycles. The zero-order valence-corrected chi connectivity index (χ0v) is 19.2. The Morgan fingerprint density at radius 3 is 2.42 bits per heavy atom. The van der Waals surface area contributed by atoms with Crippen LogP contribution in [-0.2, 0) is 35.3 Å². The third kappa shape index (κ3) is 7.21. The number of rotatable bonds is 9. The summed E-state index contributed by atoms with van der Waals surface area (Å²) in [6, 6.07) is 14.7. The number of carboxylic acids is 1. The second-order valence-corrected chi connectivity index (χ2v) is 7.77. The minimum absolute atomic E-state index is 0.00591. The van der Waals surface area contributed by atoms with E-state index in [1.54, 1.807) is 43.3 Å². The third-order valence-corrected chi connectivity index (χ3v) is 5.11. The molecule has 190 valence electrons. The van der Waals surface area contributed by atoms with Gasteiger partial charge in [-0.15, -0.1) is 0 Å². The molecule has 0 aromatic heterocycles. The summed E-state index contributed by atoms with van der Waals surface area (Å²) >= 11 is 0. The van der Waals surface area contributed by atoms with E-state index in [0.717, 1.165) is 17.2 Å². The van der Waals surface area contributed by atoms with E-state index in [-0.39, 0.29) is 18.5 Å². The van der Waals surface area contributed by atoms with Gasteiger partial charge < -0.3 is 19.9 Å². The number of hydrogen-bond acceptors (Lipinski definition) is 4. The summed E-state index contributed by atoms with van der Waals surface area (Å²) in [7, 11) is 0. The molecule has 10 heteroatoms. The van der Waals surface area contributed by atoms with E-state index in [4.69, 9.17) is 14.6 Å². The number of amides is 1. The summed E-state index contributed by atoms with van der Waals surface area (Å²) in [4.78, 5) is 23.2. The van der Waals surface area contributed by atoms with Crippen molar-refractivity contribution < 1.29 is 41.7 Å². The van der Waals surface area contributed by atoms with Gasteiger partial charge in [0.1, 0.15) is 18.2 Å². The molecule has 0 unspecified atom stereocenters. The fraction of sp³-hybridized carbons (Fsp3) is 0.231. The van der Waals surface area contributed by atoms with Gasteiger partial charge in [0.15, 0.2) is 0 Å². The van der Waals surface area contributed by atoms with Crippen molar-refractivity contribution in [2.75, 3.05) is 6.61 Å². The highest BCUT2D eigenvalue weighted by Gasteiger charge is 2.34. The monoisotopic (exact) mass is 505 g/mol. The largest absolute Gasteiger partial charge is 0.494 e. The molecule has 0 aliphatic rings. The van der Waals surface area contributed by atoms with E-state index >= 15 is 0 Å². The standard InChI is InChI=1S/C26H23F4NO5/c1-2-35-23-9-7-19(18-5-3-4-16(10-18)12-24(32)33)13-20(23)14-31-25(34)36-15-17-6-8-22(27)21(11-17)26(28,29)30/h3-11,13H,2,12,14-15H2,1H3,(H,31,34)(H,32,33). The highest BCUT2D eigenvalue weighted by atomic mass is 19.4. The molecule has 0 aliphatic carbocycles. The normalized spacial score (nSPS) is 11.1. The van der Waals surface area contributed by atoms with E-state index in [9.17, 15) is 27.2 Å². The number of carbonyl (C=O) groups excluding carboxylic acids is 1. The van der Waals surface area contributed by atoms with Crippen LogP contribution in [-0.4, -0.2) is 23.8 Å². The summed E-state index contributed by atoms with van der Waals surface area (Å²) in [6.45, 7) is 1.68. The molecule has 3 aromatic rings. The van der Waals surface area contributed by atoms with Crippen LogP contribution in [0.4, 0.5) is 22.4 Å². The Morgan fingerprint density at radius 2 is 1.72 bits per heavy atom. The van der Waals surface area contributed by atoms with Gasteiger partial charge in [-0.2, -0.15) is 13.2 Å². The van der Waals surface area contributed by atoms with Gasteiger partial charge in [-0.3, -0.25) is 4.79 Å². The molecule has 0 atom stereocenters. The van der Waals surface area contributed by atoms with Crippen molar-refractivity contribution in [1.29, 1.82) is 0 Å². The van der Waals surface area contributed by atoms with Crippen molar-refractivity contribution in [2.24, 2.45) is 0 Å².